The number of halogens is 2. The number of aliphatic carboxylic acids is 1. The summed E-state index contributed by atoms with van der Waals surface area (Å²) in [6.45, 7) is 0.0904. The molecule has 10 heteroatoms. The number of rotatable bonds is 4. The van der Waals surface area contributed by atoms with Crippen molar-refractivity contribution in [3.63, 3.8) is 0 Å². The van der Waals surface area contributed by atoms with Crippen molar-refractivity contribution in [3.05, 3.63) is 50.1 Å². The van der Waals surface area contributed by atoms with E-state index in [1.807, 2.05) is 6.07 Å². The Morgan fingerprint density at radius 3 is 2.84 bits per heavy atom. The normalized spacial score (nSPS) is 22.7. The Morgan fingerprint density at radius 1 is 1.28 bits per heavy atom. The van der Waals surface area contributed by atoms with Gasteiger partial charge < -0.3 is 5.11 Å². The van der Waals surface area contributed by atoms with E-state index in [9.17, 15) is 4.79 Å². The molecule has 7 nitrogen and oxygen atoms in total. The van der Waals surface area contributed by atoms with Crippen LogP contribution in [-0.4, -0.2) is 29.5 Å². The van der Waals surface area contributed by atoms with Crippen LogP contribution in [0.2, 0.25) is 9.36 Å². The third kappa shape index (κ3) is 3.22. The lowest BCUT2D eigenvalue weighted by Gasteiger charge is -2.22. The van der Waals surface area contributed by atoms with Crippen molar-refractivity contribution in [2.24, 2.45) is 0 Å². The molecular weight excluding hydrogens is 391 g/mol. The molecule has 0 aliphatic carbocycles. The van der Waals surface area contributed by atoms with Crippen LogP contribution >= 0.6 is 34.5 Å². The molecule has 0 saturated carbocycles. The first-order chi connectivity index (χ1) is 11.9. The Morgan fingerprint density at radius 2 is 2.12 bits per heavy atom. The predicted molar refractivity (Wildman–Crippen MR) is 91.1 cm³/mol. The van der Waals surface area contributed by atoms with Crippen LogP contribution in [0.15, 0.2) is 30.3 Å². The van der Waals surface area contributed by atoms with Crippen LogP contribution in [0.5, 0.6) is 0 Å². The highest BCUT2D eigenvalue weighted by molar-refractivity contribution is 7.16. The zero-order chi connectivity index (χ0) is 17.6. The first-order valence-electron chi connectivity index (χ1n) is 7.27. The number of anilines is 1. The van der Waals surface area contributed by atoms with Crippen LogP contribution in [0.25, 0.3) is 0 Å². The fourth-order valence-electron chi connectivity index (χ4n) is 2.73. The first kappa shape index (κ1) is 17.0. The SMILES string of the molecule is O=C(O)CN1OC2(CON(Cc3ccc(Cl)s3)O2)c2cc(Cl)ccc21. The fraction of sp³-hybridized carbons (Fsp3) is 0.267. The van der Waals surface area contributed by atoms with E-state index in [4.69, 9.17) is 42.8 Å². The Bertz CT molecular complexity index is 832. The zero-order valence-electron chi connectivity index (χ0n) is 12.6. The monoisotopic (exact) mass is 402 g/mol. The van der Waals surface area contributed by atoms with E-state index in [1.165, 1.54) is 21.6 Å². The Kier molecular flexibility index (Phi) is 4.37. The zero-order valence-corrected chi connectivity index (χ0v) is 15.0. The van der Waals surface area contributed by atoms with Crippen molar-refractivity contribution in [3.8, 4) is 0 Å². The molecule has 1 saturated heterocycles. The lowest BCUT2D eigenvalue weighted by Crippen LogP contribution is -2.36. The average Bonchev–Trinajstić information content (AvgIpc) is 3.20. The summed E-state index contributed by atoms with van der Waals surface area (Å²) >= 11 is 13.4. The number of hydrogen-bond donors (Lipinski definition) is 1. The second kappa shape index (κ2) is 6.40. The van der Waals surface area contributed by atoms with E-state index in [0.717, 1.165) is 4.88 Å². The molecule has 1 N–H and O–H groups in total. The van der Waals surface area contributed by atoms with E-state index in [2.05, 4.69) is 0 Å². The van der Waals surface area contributed by atoms with E-state index in [0.29, 0.717) is 27.2 Å². The first-order valence-corrected chi connectivity index (χ1v) is 8.85. The summed E-state index contributed by atoms with van der Waals surface area (Å²) in [6.07, 6.45) is 0. The van der Waals surface area contributed by atoms with Gasteiger partial charge in [-0.2, -0.15) is 0 Å². The highest BCUT2D eigenvalue weighted by Gasteiger charge is 2.53. The number of thiophene rings is 1. The third-order valence-corrected chi connectivity index (χ3v) is 5.19. The van der Waals surface area contributed by atoms with Gasteiger partial charge >= 0.3 is 5.97 Å². The minimum Gasteiger partial charge on any atom is -0.480 e. The smallest absolute Gasteiger partial charge is 0.325 e. The summed E-state index contributed by atoms with van der Waals surface area (Å²) in [5.41, 5.74) is 1.20. The van der Waals surface area contributed by atoms with Gasteiger partial charge in [-0.15, -0.1) is 11.3 Å². The van der Waals surface area contributed by atoms with Crippen LogP contribution in [0.4, 0.5) is 5.69 Å². The molecule has 4 rings (SSSR count). The molecule has 2 aliphatic heterocycles. The highest BCUT2D eigenvalue weighted by atomic mass is 35.5. The van der Waals surface area contributed by atoms with E-state index >= 15 is 0 Å². The van der Waals surface area contributed by atoms with Crippen LogP contribution in [-0.2, 0) is 31.6 Å². The maximum Gasteiger partial charge on any atom is 0.325 e. The summed E-state index contributed by atoms with van der Waals surface area (Å²) < 4.78 is 0.672. The van der Waals surface area contributed by atoms with Gasteiger partial charge in [-0.3, -0.25) is 9.63 Å². The maximum absolute atomic E-state index is 11.1. The van der Waals surface area contributed by atoms with Gasteiger partial charge in [0.15, 0.2) is 0 Å². The van der Waals surface area contributed by atoms with Gasteiger partial charge in [-0.25, -0.2) is 14.7 Å². The highest BCUT2D eigenvalue weighted by Crippen LogP contribution is 2.47. The van der Waals surface area contributed by atoms with Crippen molar-refractivity contribution < 1.29 is 24.4 Å². The van der Waals surface area contributed by atoms with E-state index in [1.54, 1.807) is 24.3 Å². The third-order valence-electron chi connectivity index (χ3n) is 3.74. The number of nitrogens with zero attached hydrogens (tertiary/aromatic N) is 2. The number of benzene rings is 1. The average molecular weight is 403 g/mol. The van der Waals surface area contributed by atoms with Gasteiger partial charge in [0.05, 0.1) is 16.6 Å². The van der Waals surface area contributed by atoms with Gasteiger partial charge in [0.2, 0.25) is 0 Å². The van der Waals surface area contributed by atoms with Crippen molar-refractivity contribution in [1.82, 2.24) is 5.23 Å². The second-order valence-electron chi connectivity index (χ2n) is 5.50. The minimum atomic E-state index is -1.27. The molecular formula is C15H12Cl2N2O5S. The van der Waals surface area contributed by atoms with Gasteiger partial charge in [0.25, 0.3) is 5.79 Å². The van der Waals surface area contributed by atoms with Crippen molar-refractivity contribution in [2.75, 3.05) is 18.2 Å². The summed E-state index contributed by atoms with van der Waals surface area (Å²) in [4.78, 5) is 29.3. The standard InChI is InChI=1S/C15H12Cl2N2O5S/c16-9-1-3-12-11(5-9)15(23-18(12)7-14(20)21)8-22-19(24-15)6-10-2-4-13(17)25-10/h1-5H,6-8H2,(H,20,21). The van der Waals surface area contributed by atoms with Crippen molar-refractivity contribution in [1.29, 1.82) is 0 Å². The molecule has 2 aromatic rings. The molecule has 2 aliphatic rings. The molecule has 0 bridgehead atoms. The Labute approximate surface area is 156 Å². The number of carbonyl (C=O) groups is 1. The fourth-order valence-corrected chi connectivity index (χ4v) is 3.96. The summed E-state index contributed by atoms with van der Waals surface area (Å²) in [6, 6.07) is 8.72. The molecule has 25 heavy (non-hydrogen) atoms. The second-order valence-corrected chi connectivity index (χ2v) is 7.73. The van der Waals surface area contributed by atoms with Crippen molar-refractivity contribution in [2.45, 2.75) is 12.3 Å². The summed E-state index contributed by atoms with van der Waals surface area (Å²) in [5.74, 6) is -2.29. The van der Waals surface area contributed by atoms with Crippen LogP contribution < -0.4 is 5.06 Å². The van der Waals surface area contributed by atoms with Gasteiger partial charge in [0, 0.05) is 15.5 Å². The lowest BCUT2D eigenvalue weighted by atomic mass is 10.1. The number of hydroxylamine groups is 3. The number of fused-ring (bicyclic) bond motifs is 2. The molecule has 132 valence electrons. The predicted octanol–water partition coefficient (Wildman–Crippen LogP) is 3.42. The summed E-state index contributed by atoms with van der Waals surface area (Å²) in [5, 5.41) is 12.2. The van der Waals surface area contributed by atoms with Gasteiger partial charge in [-0.05, 0) is 30.3 Å². The topological polar surface area (TPSA) is 71.5 Å². The molecule has 3 heterocycles. The number of hydrogen-bond acceptors (Lipinski definition) is 7. The largest absolute Gasteiger partial charge is 0.480 e. The Balaban J connectivity index is 1.59. The minimum absolute atomic E-state index is 0.0650. The molecule has 1 spiro atoms. The maximum atomic E-state index is 11.1. The molecule has 1 unspecified atom stereocenters. The molecule has 1 aromatic carbocycles. The quantitative estimate of drug-likeness (QED) is 0.839. The molecule has 1 fully saturated rings. The Hall–Kier alpha value is -1.39. The van der Waals surface area contributed by atoms with E-state index < -0.39 is 11.8 Å². The summed E-state index contributed by atoms with van der Waals surface area (Å²) in [7, 11) is 0. The van der Waals surface area contributed by atoms with Gasteiger partial charge in [-0.1, -0.05) is 28.4 Å². The molecule has 0 radical (unpaired) electrons. The van der Waals surface area contributed by atoms with Crippen LogP contribution in [0, 0.1) is 0 Å². The number of carboxylic acid groups (broad SMARTS) is 1. The van der Waals surface area contributed by atoms with Crippen LogP contribution in [0.3, 0.4) is 0 Å². The van der Waals surface area contributed by atoms with Crippen LogP contribution in [0.1, 0.15) is 10.4 Å². The number of carboxylic acids is 1. The van der Waals surface area contributed by atoms with E-state index in [-0.39, 0.29) is 13.2 Å². The molecule has 0 amide bonds. The van der Waals surface area contributed by atoms with Crippen molar-refractivity contribution >= 4 is 46.2 Å². The van der Waals surface area contributed by atoms with Gasteiger partial charge in [0.1, 0.15) is 13.2 Å². The molecule has 1 atom stereocenters. The molecule has 1 aromatic heterocycles. The lowest BCUT2D eigenvalue weighted by molar-refractivity contribution is -0.367.